The topological polar surface area (TPSA) is 34.9 Å². The zero-order valence-corrected chi connectivity index (χ0v) is 9.90. The van der Waals surface area contributed by atoms with Gasteiger partial charge in [0.2, 0.25) is 0 Å². The highest BCUT2D eigenvalue weighted by Crippen LogP contribution is 2.26. The van der Waals surface area contributed by atoms with Gasteiger partial charge >= 0.3 is 0 Å². The average molecular weight is 244 g/mol. The van der Waals surface area contributed by atoms with Crippen LogP contribution in [0.1, 0.15) is 34.6 Å². The van der Waals surface area contributed by atoms with Gasteiger partial charge in [-0.1, -0.05) is 0 Å². The molecule has 0 unspecified atom stereocenters. The van der Waals surface area contributed by atoms with Crippen LogP contribution in [0.3, 0.4) is 0 Å². The Morgan fingerprint density at radius 2 is 1.89 bits per heavy atom. The Hall–Kier alpha value is -1.97. The van der Waals surface area contributed by atoms with Crippen LogP contribution < -0.4 is 0 Å². The Balaban J connectivity index is 2.14. The fourth-order valence-corrected chi connectivity index (χ4v) is 2.52. The number of carbonyl (C=O) groups is 1. The van der Waals surface area contributed by atoms with Crippen LogP contribution >= 0.6 is 0 Å². The van der Waals surface area contributed by atoms with Gasteiger partial charge in [-0.3, -0.25) is 4.79 Å². The molecule has 0 saturated carbocycles. The van der Waals surface area contributed by atoms with Crippen molar-refractivity contribution >= 4 is 6.29 Å². The second-order valence-corrected chi connectivity index (χ2v) is 4.52. The van der Waals surface area contributed by atoms with E-state index in [0.29, 0.717) is 5.69 Å². The molecule has 1 aliphatic carbocycles. The van der Waals surface area contributed by atoms with Gasteiger partial charge in [0, 0.05) is 11.3 Å². The largest absolute Gasteiger partial charge is 0.296 e. The molecule has 18 heavy (non-hydrogen) atoms. The third-order valence-electron chi connectivity index (χ3n) is 3.39. The van der Waals surface area contributed by atoms with Crippen LogP contribution in [0.25, 0.3) is 5.69 Å². The molecule has 0 fully saturated rings. The molecule has 0 amide bonds. The molecule has 0 N–H and O–H groups in total. The highest BCUT2D eigenvalue weighted by atomic mass is 19.1. The molecule has 0 atom stereocenters. The van der Waals surface area contributed by atoms with Crippen LogP contribution in [0.5, 0.6) is 0 Å². The van der Waals surface area contributed by atoms with Gasteiger partial charge in [-0.15, -0.1) is 0 Å². The normalized spacial score (nSPS) is 14.3. The van der Waals surface area contributed by atoms with Gasteiger partial charge in [0.1, 0.15) is 11.5 Å². The van der Waals surface area contributed by atoms with Crippen molar-refractivity contribution in [3.05, 3.63) is 47.0 Å². The van der Waals surface area contributed by atoms with Crippen LogP contribution in [0.2, 0.25) is 0 Å². The average Bonchev–Trinajstić information content (AvgIpc) is 2.79. The van der Waals surface area contributed by atoms with E-state index < -0.39 is 0 Å². The van der Waals surface area contributed by atoms with Gasteiger partial charge in [0.25, 0.3) is 0 Å². The van der Waals surface area contributed by atoms with E-state index in [1.165, 1.54) is 12.1 Å². The van der Waals surface area contributed by atoms with Crippen molar-refractivity contribution < 1.29 is 9.18 Å². The van der Waals surface area contributed by atoms with Crippen LogP contribution in [0, 0.1) is 5.82 Å². The highest BCUT2D eigenvalue weighted by molar-refractivity contribution is 5.75. The fourth-order valence-electron chi connectivity index (χ4n) is 2.52. The van der Waals surface area contributed by atoms with Crippen molar-refractivity contribution in [3.63, 3.8) is 0 Å². The first-order valence-corrected chi connectivity index (χ1v) is 6.11. The SMILES string of the molecule is O=Cc1nn(-c2ccc(F)cc2)c2c1CCCC2. The van der Waals surface area contributed by atoms with Gasteiger partial charge in [0.15, 0.2) is 6.29 Å². The number of halogens is 1. The number of aromatic nitrogens is 2. The third-order valence-corrected chi connectivity index (χ3v) is 3.39. The molecule has 1 aliphatic rings. The van der Waals surface area contributed by atoms with Crippen molar-refractivity contribution in [2.24, 2.45) is 0 Å². The summed E-state index contributed by atoms with van der Waals surface area (Å²) in [4.78, 5) is 11.0. The summed E-state index contributed by atoms with van der Waals surface area (Å²) in [6.45, 7) is 0. The number of nitrogens with zero attached hydrogens (tertiary/aromatic N) is 2. The van der Waals surface area contributed by atoms with Crippen molar-refractivity contribution in [2.75, 3.05) is 0 Å². The third kappa shape index (κ3) is 1.74. The number of fused-ring (bicyclic) bond motifs is 1. The predicted octanol–water partition coefficient (Wildman–Crippen LogP) is 2.70. The van der Waals surface area contributed by atoms with Crippen LogP contribution in [0.15, 0.2) is 24.3 Å². The van der Waals surface area contributed by atoms with E-state index >= 15 is 0 Å². The first-order valence-electron chi connectivity index (χ1n) is 6.11. The number of rotatable bonds is 2. The van der Waals surface area contributed by atoms with Gasteiger partial charge in [-0.2, -0.15) is 5.10 Å². The van der Waals surface area contributed by atoms with E-state index in [0.717, 1.165) is 48.9 Å². The Morgan fingerprint density at radius 1 is 1.17 bits per heavy atom. The first kappa shape index (κ1) is 11.1. The van der Waals surface area contributed by atoms with E-state index in [4.69, 9.17) is 0 Å². The van der Waals surface area contributed by atoms with E-state index in [1.807, 2.05) is 0 Å². The molecule has 1 aromatic carbocycles. The molecule has 4 heteroatoms. The molecule has 0 saturated heterocycles. The minimum Gasteiger partial charge on any atom is -0.296 e. The molecule has 3 nitrogen and oxygen atoms in total. The summed E-state index contributed by atoms with van der Waals surface area (Å²) in [6, 6.07) is 6.19. The molecular formula is C14H13FN2O. The molecule has 0 radical (unpaired) electrons. The molecular weight excluding hydrogens is 231 g/mol. The summed E-state index contributed by atoms with van der Waals surface area (Å²) in [5.74, 6) is -0.268. The molecule has 0 aliphatic heterocycles. The van der Waals surface area contributed by atoms with Crippen molar-refractivity contribution in [1.82, 2.24) is 9.78 Å². The van der Waals surface area contributed by atoms with Gasteiger partial charge in [-0.25, -0.2) is 9.07 Å². The van der Waals surface area contributed by atoms with E-state index in [2.05, 4.69) is 5.10 Å². The summed E-state index contributed by atoms with van der Waals surface area (Å²) in [5.41, 5.74) is 3.48. The first-order chi connectivity index (χ1) is 8.79. The van der Waals surface area contributed by atoms with Gasteiger partial charge in [-0.05, 0) is 49.9 Å². The molecule has 3 rings (SSSR count). The summed E-state index contributed by atoms with van der Waals surface area (Å²) in [7, 11) is 0. The van der Waals surface area contributed by atoms with Crippen LogP contribution in [0.4, 0.5) is 4.39 Å². The molecule has 92 valence electrons. The maximum Gasteiger partial charge on any atom is 0.170 e. The summed E-state index contributed by atoms with van der Waals surface area (Å²) in [5, 5.41) is 4.34. The molecule has 0 bridgehead atoms. The Labute approximate surface area is 104 Å². The smallest absolute Gasteiger partial charge is 0.170 e. The van der Waals surface area contributed by atoms with E-state index in [1.54, 1.807) is 16.8 Å². The molecule has 2 aromatic rings. The molecule has 0 spiro atoms. The minimum absolute atomic E-state index is 0.268. The lowest BCUT2D eigenvalue weighted by molar-refractivity contribution is 0.111. The Morgan fingerprint density at radius 3 is 2.61 bits per heavy atom. The second kappa shape index (κ2) is 4.37. The number of hydrogen-bond acceptors (Lipinski definition) is 2. The van der Waals surface area contributed by atoms with Crippen LogP contribution in [-0.2, 0) is 12.8 Å². The number of carbonyl (C=O) groups excluding carboxylic acids is 1. The predicted molar refractivity (Wildman–Crippen MR) is 65.6 cm³/mol. The lowest BCUT2D eigenvalue weighted by atomic mass is 9.96. The van der Waals surface area contributed by atoms with E-state index in [-0.39, 0.29) is 5.82 Å². The zero-order valence-electron chi connectivity index (χ0n) is 9.90. The summed E-state index contributed by atoms with van der Waals surface area (Å²) < 4.78 is 14.7. The van der Waals surface area contributed by atoms with Crippen LogP contribution in [-0.4, -0.2) is 16.1 Å². The number of benzene rings is 1. The van der Waals surface area contributed by atoms with Crippen molar-refractivity contribution in [2.45, 2.75) is 25.7 Å². The number of aldehydes is 1. The molecule has 1 aromatic heterocycles. The van der Waals surface area contributed by atoms with Gasteiger partial charge in [0.05, 0.1) is 5.69 Å². The Kier molecular flexibility index (Phi) is 2.70. The zero-order chi connectivity index (χ0) is 12.5. The van der Waals surface area contributed by atoms with Gasteiger partial charge < -0.3 is 0 Å². The number of hydrogen-bond donors (Lipinski definition) is 0. The lowest BCUT2D eigenvalue weighted by Gasteiger charge is -2.13. The quantitative estimate of drug-likeness (QED) is 0.761. The standard InChI is InChI=1S/C14H13FN2O/c15-10-5-7-11(8-6-10)17-14-4-2-1-3-12(14)13(9-18)16-17/h5-9H,1-4H2. The molecule has 1 heterocycles. The Bertz CT molecular complexity index is 587. The second-order valence-electron chi connectivity index (χ2n) is 4.52. The minimum atomic E-state index is -0.268. The highest BCUT2D eigenvalue weighted by Gasteiger charge is 2.20. The monoisotopic (exact) mass is 244 g/mol. The maximum absolute atomic E-state index is 12.9. The lowest BCUT2D eigenvalue weighted by Crippen LogP contribution is -2.07. The van der Waals surface area contributed by atoms with E-state index in [9.17, 15) is 9.18 Å². The van der Waals surface area contributed by atoms with Crippen molar-refractivity contribution in [1.29, 1.82) is 0 Å². The maximum atomic E-state index is 12.9. The fraction of sp³-hybridized carbons (Fsp3) is 0.286. The van der Waals surface area contributed by atoms with Crippen molar-refractivity contribution in [3.8, 4) is 5.69 Å². The summed E-state index contributed by atoms with van der Waals surface area (Å²) in [6.07, 6.45) is 4.85. The summed E-state index contributed by atoms with van der Waals surface area (Å²) >= 11 is 0.